The highest BCUT2D eigenvalue weighted by atomic mass is 28.1. The van der Waals surface area contributed by atoms with Gasteiger partial charge < -0.3 is 5.73 Å². The summed E-state index contributed by atoms with van der Waals surface area (Å²) in [6.07, 6.45) is 5.66. The zero-order valence-electron chi connectivity index (χ0n) is 10.5. The molecule has 0 aliphatic rings. The third-order valence-corrected chi connectivity index (χ3v) is 3.14. The van der Waals surface area contributed by atoms with E-state index < -0.39 is 0 Å². The predicted molar refractivity (Wildman–Crippen MR) is 78.9 cm³/mol. The molecule has 0 amide bonds. The van der Waals surface area contributed by atoms with E-state index in [0.717, 1.165) is 26.2 Å². The standard InChI is InChI=1S/C14H23N2Si/c15-9-12-16(11-5-13-17)10-4-8-14-6-2-1-3-7-14/h1-4,6-8H,5,9-13,15,17H2. The lowest BCUT2D eigenvalue weighted by atomic mass is 10.2. The van der Waals surface area contributed by atoms with Gasteiger partial charge in [-0.05, 0) is 18.5 Å². The molecule has 0 saturated heterocycles. The second kappa shape index (κ2) is 9.16. The zero-order chi connectivity index (χ0) is 12.3. The molecule has 93 valence electrons. The second-order valence-corrected chi connectivity index (χ2v) is 4.82. The normalized spacial score (nSPS) is 11.5. The van der Waals surface area contributed by atoms with Crippen molar-refractivity contribution in [3.05, 3.63) is 42.0 Å². The maximum Gasteiger partial charge on any atom is 0.0167 e. The minimum Gasteiger partial charge on any atom is -0.329 e. The molecule has 2 N–H and O–H groups in total. The minimum absolute atomic E-state index is 0.741. The van der Waals surface area contributed by atoms with Crippen LogP contribution in [0.25, 0.3) is 6.08 Å². The number of nitrogens with two attached hydrogens (primary N) is 1. The number of hydrogen-bond donors (Lipinski definition) is 1. The van der Waals surface area contributed by atoms with Crippen molar-refractivity contribution < 1.29 is 0 Å². The molecule has 3 heteroatoms. The second-order valence-electron chi connectivity index (χ2n) is 4.11. The Labute approximate surface area is 108 Å². The van der Waals surface area contributed by atoms with Gasteiger partial charge in [-0.2, -0.15) is 0 Å². The molecule has 0 heterocycles. The van der Waals surface area contributed by atoms with Crippen LogP contribution in [0.5, 0.6) is 0 Å². The van der Waals surface area contributed by atoms with E-state index in [2.05, 4.69) is 41.3 Å². The van der Waals surface area contributed by atoms with Crippen molar-refractivity contribution in [2.75, 3.05) is 26.2 Å². The molecule has 2 nitrogen and oxygen atoms in total. The average molecular weight is 247 g/mol. The molecular weight excluding hydrogens is 224 g/mol. The van der Waals surface area contributed by atoms with Crippen LogP contribution in [0.15, 0.2) is 36.4 Å². The summed E-state index contributed by atoms with van der Waals surface area (Å²) in [5, 5.41) is 0. The highest BCUT2D eigenvalue weighted by Crippen LogP contribution is 2.01. The molecule has 0 atom stereocenters. The number of rotatable bonds is 8. The third-order valence-electron chi connectivity index (χ3n) is 2.64. The first kappa shape index (κ1) is 14.2. The minimum atomic E-state index is 0.741. The van der Waals surface area contributed by atoms with Gasteiger partial charge in [0, 0.05) is 29.9 Å². The van der Waals surface area contributed by atoms with Crippen LogP contribution in [-0.4, -0.2) is 41.3 Å². The lowest BCUT2D eigenvalue weighted by Crippen LogP contribution is -2.30. The van der Waals surface area contributed by atoms with E-state index in [1.807, 2.05) is 16.3 Å². The predicted octanol–water partition coefficient (Wildman–Crippen LogP) is 1.40. The van der Waals surface area contributed by atoms with E-state index in [4.69, 9.17) is 5.73 Å². The van der Waals surface area contributed by atoms with Crippen LogP contribution < -0.4 is 5.73 Å². The Bertz CT molecular complexity index is 311. The Balaban J connectivity index is 2.37. The molecule has 1 aromatic carbocycles. The summed E-state index contributed by atoms with van der Waals surface area (Å²) in [6, 6.07) is 11.7. The van der Waals surface area contributed by atoms with Gasteiger partial charge in [-0.1, -0.05) is 48.5 Å². The highest BCUT2D eigenvalue weighted by molar-refractivity contribution is 6.08. The Hall–Kier alpha value is -0.903. The van der Waals surface area contributed by atoms with Crippen LogP contribution in [0.2, 0.25) is 6.04 Å². The number of nitrogens with zero attached hydrogens (tertiary/aromatic N) is 1. The zero-order valence-corrected chi connectivity index (χ0v) is 11.9. The van der Waals surface area contributed by atoms with Crippen molar-refractivity contribution in [1.82, 2.24) is 4.90 Å². The van der Waals surface area contributed by atoms with Crippen LogP contribution in [0.4, 0.5) is 0 Å². The van der Waals surface area contributed by atoms with Crippen LogP contribution >= 0.6 is 0 Å². The van der Waals surface area contributed by atoms with E-state index >= 15 is 0 Å². The molecule has 0 saturated carbocycles. The van der Waals surface area contributed by atoms with E-state index in [1.165, 1.54) is 18.0 Å². The van der Waals surface area contributed by atoms with Crippen molar-refractivity contribution in [2.24, 2.45) is 5.73 Å². The van der Waals surface area contributed by atoms with Gasteiger partial charge in [0.1, 0.15) is 0 Å². The van der Waals surface area contributed by atoms with E-state index in [9.17, 15) is 0 Å². The first-order valence-corrected chi connectivity index (χ1v) is 7.30. The Morgan fingerprint density at radius 3 is 2.59 bits per heavy atom. The maximum absolute atomic E-state index is 5.62. The lowest BCUT2D eigenvalue weighted by Gasteiger charge is -2.19. The first-order valence-electron chi connectivity index (χ1n) is 6.30. The van der Waals surface area contributed by atoms with Crippen LogP contribution in [0.1, 0.15) is 12.0 Å². The topological polar surface area (TPSA) is 29.3 Å². The Morgan fingerprint density at radius 2 is 1.94 bits per heavy atom. The lowest BCUT2D eigenvalue weighted by molar-refractivity contribution is 0.312. The molecule has 1 radical (unpaired) electrons. The molecule has 0 fully saturated rings. The highest BCUT2D eigenvalue weighted by Gasteiger charge is 1.99. The first-order chi connectivity index (χ1) is 8.36. The summed E-state index contributed by atoms with van der Waals surface area (Å²) in [6.45, 7) is 3.88. The van der Waals surface area contributed by atoms with Gasteiger partial charge in [-0.15, -0.1) is 0 Å². The van der Waals surface area contributed by atoms with E-state index in [-0.39, 0.29) is 0 Å². The molecule has 0 aromatic heterocycles. The summed E-state index contributed by atoms with van der Waals surface area (Å²) < 4.78 is 0. The van der Waals surface area contributed by atoms with Crippen molar-refractivity contribution in [3.63, 3.8) is 0 Å². The van der Waals surface area contributed by atoms with Gasteiger partial charge in [-0.3, -0.25) is 4.90 Å². The Morgan fingerprint density at radius 1 is 1.18 bits per heavy atom. The molecule has 0 bridgehead atoms. The fourth-order valence-corrected chi connectivity index (χ4v) is 1.94. The number of hydrogen-bond acceptors (Lipinski definition) is 2. The van der Waals surface area contributed by atoms with Crippen LogP contribution in [0.3, 0.4) is 0 Å². The molecule has 0 aliphatic carbocycles. The van der Waals surface area contributed by atoms with Crippen molar-refractivity contribution in [1.29, 1.82) is 0 Å². The van der Waals surface area contributed by atoms with Gasteiger partial charge in [0.05, 0.1) is 0 Å². The van der Waals surface area contributed by atoms with E-state index in [0.29, 0.717) is 0 Å². The van der Waals surface area contributed by atoms with Gasteiger partial charge in [-0.25, -0.2) is 0 Å². The fourth-order valence-electron chi connectivity index (χ4n) is 1.71. The van der Waals surface area contributed by atoms with Crippen molar-refractivity contribution in [3.8, 4) is 0 Å². The third kappa shape index (κ3) is 6.41. The van der Waals surface area contributed by atoms with Gasteiger partial charge >= 0.3 is 0 Å². The summed E-state index contributed by atoms with van der Waals surface area (Å²) in [5.74, 6) is 0. The summed E-state index contributed by atoms with van der Waals surface area (Å²) in [5.41, 5.74) is 6.88. The molecular formula is C14H23N2Si. The fraction of sp³-hybridized carbons (Fsp3) is 0.429. The maximum atomic E-state index is 5.62. The molecule has 1 aromatic rings. The molecule has 1 rings (SSSR count). The monoisotopic (exact) mass is 247 g/mol. The van der Waals surface area contributed by atoms with Gasteiger partial charge in [0.2, 0.25) is 0 Å². The largest absolute Gasteiger partial charge is 0.329 e. The van der Waals surface area contributed by atoms with Gasteiger partial charge in [0.25, 0.3) is 0 Å². The molecule has 17 heavy (non-hydrogen) atoms. The smallest absolute Gasteiger partial charge is 0.0167 e. The molecule has 0 unspecified atom stereocenters. The molecule has 0 aliphatic heterocycles. The molecule has 0 spiro atoms. The summed E-state index contributed by atoms with van der Waals surface area (Å²) in [7, 11) is 2.04. The van der Waals surface area contributed by atoms with Crippen molar-refractivity contribution >= 4 is 16.3 Å². The van der Waals surface area contributed by atoms with Gasteiger partial charge in [0.15, 0.2) is 0 Å². The summed E-state index contributed by atoms with van der Waals surface area (Å²) >= 11 is 0. The quantitative estimate of drug-likeness (QED) is 0.704. The van der Waals surface area contributed by atoms with E-state index in [1.54, 1.807) is 0 Å². The summed E-state index contributed by atoms with van der Waals surface area (Å²) in [4.78, 5) is 2.41. The number of benzene rings is 1. The average Bonchev–Trinajstić information content (AvgIpc) is 2.37. The van der Waals surface area contributed by atoms with Crippen molar-refractivity contribution in [2.45, 2.75) is 12.5 Å². The van der Waals surface area contributed by atoms with Crippen LogP contribution in [0, 0.1) is 0 Å². The van der Waals surface area contributed by atoms with Crippen LogP contribution in [-0.2, 0) is 0 Å². The SMILES string of the molecule is NCCN(CC=Cc1ccccc1)CCC[SiH2]. The Kier molecular flexibility index (Phi) is 7.63.